The summed E-state index contributed by atoms with van der Waals surface area (Å²) >= 11 is 0. The Kier molecular flexibility index (Phi) is 4.77. The van der Waals surface area contributed by atoms with E-state index in [4.69, 9.17) is 0 Å². The maximum Gasteiger partial charge on any atom is 0.222 e. The van der Waals surface area contributed by atoms with Crippen LogP contribution < -0.4 is 4.90 Å². The van der Waals surface area contributed by atoms with Crippen LogP contribution in [-0.2, 0) is 14.6 Å². The molecule has 1 aliphatic rings. The highest BCUT2D eigenvalue weighted by Crippen LogP contribution is 2.27. The number of aliphatic hydroxyl groups excluding tert-OH is 1. The largest absolute Gasteiger partial charge is 0.391 e. The second-order valence-electron chi connectivity index (χ2n) is 5.99. The van der Waals surface area contributed by atoms with Crippen molar-refractivity contribution in [1.82, 2.24) is 4.90 Å². The van der Waals surface area contributed by atoms with Gasteiger partial charge in [-0.15, -0.1) is 0 Å². The topological polar surface area (TPSA) is 77.9 Å². The minimum Gasteiger partial charge on any atom is -0.391 e. The molecule has 6 nitrogen and oxygen atoms in total. The molecule has 0 radical (unpaired) electrons. The molecule has 0 unspecified atom stereocenters. The first kappa shape index (κ1) is 16.8. The van der Waals surface area contributed by atoms with Gasteiger partial charge in [0.05, 0.1) is 11.0 Å². The number of aliphatic hydroxyl groups is 1. The first-order chi connectivity index (χ1) is 10.2. The molecule has 1 aromatic rings. The quantitative estimate of drug-likeness (QED) is 0.865. The van der Waals surface area contributed by atoms with Gasteiger partial charge in [-0.2, -0.15) is 0 Å². The summed E-state index contributed by atoms with van der Waals surface area (Å²) in [5.74, 6) is -0.109. The number of β-amino-alcohol motifs (C(OH)–C–C–N with tert-alkyl or cyclic N) is 1. The van der Waals surface area contributed by atoms with Crippen molar-refractivity contribution >= 4 is 21.4 Å². The third-order valence-corrected chi connectivity index (χ3v) is 5.10. The van der Waals surface area contributed by atoms with E-state index in [2.05, 4.69) is 0 Å². The molecule has 7 heteroatoms. The molecule has 1 aliphatic heterocycles. The van der Waals surface area contributed by atoms with Crippen molar-refractivity contribution in [2.75, 3.05) is 38.3 Å². The second-order valence-corrected chi connectivity index (χ2v) is 8.01. The Morgan fingerprint density at radius 1 is 1.27 bits per heavy atom. The maximum absolute atomic E-state index is 11.8. The summed E-state index contributed by atoms with van der Waals surface area (Å²) in [4.78, 5) is 15.5. The van der Waals surface area contributed by atoms with E-state index in [0.717, 1.165) is 5.69 Å². The molecule has 2 rings (SSSR count). The Labute approximate surface area is 131 Å². The average molecular weight is 326 g/mol. The predicted molar refractivity (Wildman–Crippen MR) is 84.6 cm³/mol. The van der Waals surface area contributed by atoms with Gasteiger partial charge in [0.1, 0.15) is 0 Å². The number of anilines is 1. The standard InChI is InChI=1S/C15H22N2O4S/c1-16(2)15(19)8-11-9-17(10-14(11)18)12-4-6-13(7-5-12)22(3,20)21/h4-7,11,14,18H,8-10H2,1-3H3/t11-,14-/m1/s1. The van der Waals surface area contributed by atoms with Crippen LogP contribution in [0.15, 0.2) is 29.2 Å². The normalized spacial score (nSPS) is 21.9. The zero-order valence-electron chi connectivity index (χ0n) is 13.1. The lowest BCUT2D eigenvalue weighted by atomic mass is 10.0. The van der Waals surface area contributed by atoms with Gasteiger partial charge in [0.15, 0.2) is 9.84 Å². The third kappa shape index (κ3) is 3.78. The molecule has 122 valence electrons. The van der Waals surface area contributed by atoms with Crippen LogP contribution in [0.4, 0.5) is 5.69 Å². The number of carbonyl (C=O) groups excluding carboxylic acids is 1. The Balaban J connectivity index is 2.07. The number of carbonyl (C=O) groups is 1. The maximum atomic E-state index is 11.8. The Morgan fingerprint density at radius 3 is 2.36 bits per heavy atom. The van der Waals surface area contributed by atoms with E-state index in [1.807, 2.05) is 4.90 Å². The first-order valence-corrected chi connectivity index (χ1v) is 9.01. The first-order valence-electron chi connectivity index (χ1n) is 7.12. The summed E-state index contributed by atoms with van der Waals surface area (Å²) in [5.41, 5.74) is 0.853. The average Bonchev–Trinajstić information content (AvgIpc) is 2.79. The molecular formula is C15H22N2O4S. The van der Waals surface area contributed by atoms with Crippen molar-refractivity contribution in [1.29, 1.82) is 0 Å². The summed E-state index contributed by atoms with van der Waals surface area (Å²) < 4.78 is 22.9. The highest BCUT2D eigenvalue weighted by molar-refractivity contribution is 7.90. The van der Waals surface area contributed by atoms with E-state index in [1.54, 1.807) is 38.4 Å². The van der Waals surface area contributed by atoms with Crippen molar-refractivity contribution in [2.24, 2.45) is 5.92 Å². The van der Waals surface area contributed by atoms with E-state index in [0.29, 0.717) is 19.5 Å². The molecule has 1 N–H and O–H groups in total. The van der Waals surface area contributed by atoms with Gasteiger partial charge >= 0.3 is 0 Å². The van der Waals surface area contributed by atoms with Crippen molar-refractivity contribution in [3.63, 3.8) is 0 Å². The number of rotatable bonds is 4. The van der Waals surface area contributed by atoms with E-state index in [-0.39, 0.29) is 16.7 Å². The monoisotopic (exact) mass is 326 g/mol. The summed E-state index contributed by atoms with van der Waals surface area (Å²) in [6.45, 7) is 1.03. The van der Waals surface area contributed by atoms with Crippen LogP contribution in [-0.4, -0.2) is 63.9 Å². The summed E-state index contributed by atoms with van der Waals surface area (Å²) in [5, 5.41) is 10.1. The zero-order chi connectivity index (χ0) is 16.5. The van der Waals surface area contributed by atoms with Gasteiger partial charge < -0.3 is 14.9 Å². The fourth-order valence-corrected chi connectivity index (χ4v) is 3.21. The van der Waals surface area contributed by atoms with Gasteiger partial charge in [-0.3, -0.25) is 4.79 Å². The summed E-state index contributed by atoms with van der Waals surface area (Å²) in [6, 6.07) is 6.60. The molecule has 0 aromatic heterocycles. The van der Waals surface area contributed by atoms with E-state index in [1.165, 1.54) is 11.2 Å². The van der Waals surface area contributed by atoms with Crippen molar-refractivity contribution in [3.8, 4) is 0 Å². The zero-order valence-corrected chi connectivity index (χ0v) is 13.9. The van der Waals surface area contributed by atoms with Gasteiger partial charge in [-0.25, -0.2) is 8.42 Å². The fourth-order valence-electron chi connectivity index (χ4n) is 2.58. The minimum absolute atomic E-state index is 0.00155. The molecule has 1 fully saturated rings. The van der Waals surface area contributed by atoms with Gasteiger partial charge in [-0.1, -0.05) is 0 Å². The molecule has 0 bridgehead atoms. The van der Waals surface area contributed by atoms with Crippen molar-refractivity contribution < 1.29 is 18.3 Å². The van der Waals surface area contributed by atoms with Crippen LogP contribution in [0.5, 0.6) is 0 Å². The molecule has 0 spiro atoms. The number of sulfone groups is 1. The van der Waals surface area contributed by atoms with E-state index >= 15 is 0 Å². The number of nitrogens with zero attached hydrogens (tertiary/aromatic N) is 2. The SMILES string of the molecule is CN(C)C(=O)C[C@@H]1CN(c2ccc(S(C)(=O)=O)cc2)C[C@H]1O. The Hall–Kier alpha value is -1.60. The fraction of sp³-hybridized carbons (Fsp3) is 0.533. The lowest BCUT2D eigenvalue weighted by Crippen LogP contribution is -2.28. The molecule has 1 amide bonds. The van der Waals surface area contributed by atoms with E-state index < -0.39 is 15.9 Å². The van der Waals surface area contributed by atoms with Crippen LogP contribution in [0.1, 0.15) is 6.42 Å². The molecule has 1 aromatic carbocycles. The number of benzene rings is 1. The van der Waals surface area contributed by atoms with Gasteiger partial charge in [0.25, 0.3) is 0 Å². The van der Waals surface area contributed by atoms with Gasteiger partial charge in [0, 0.05) is 51.5 Å². The van der Waals surface area contributed by atoms with Crippen LogP contribution in [0.3, 0.4) is 0 Å². The molecule has 0 aliphatic carbocycles. The minimum atomic E-state index is -3.21. The molecular weight excluding hydrogens is 304 g/mol. The Bertz CT molecular complexity index is 640. The van der Waals surface area contributed by atoms with E-state index in [9.17, 15) is 18.3 Å². The molecule has 1 saturated heterocycles. The van der Waals surface area contributed by atoms with Crippen LogP contribution in [0.2, 0.25) is 0 Å². The molecule has 22 heavy (non-hydrogen) atoms. The molecule has 0 saturated carbocycles. The predicted octanol–water partition coefficient (Wildman–Crippen LogP) is 0.365. The lowest BCUT2D eigenvalue weighted by molar-refractivity contribution is -0.130. The summed E-state index contributed by atoms with van der Waals surface area (Å²) in [6.07, 6.45) is 0.926. The second kappa shape index (κ2) is 6.26. The van der Waals surface area contributed by atoms with Crippen molar-refractivity contribution in [3.05, 3.63) is 24.3 Å². The van der Waals surface area contributed by atoms with Crippen LogP contribution in [0, 0.1) is 5.92 Å². The number of hydrogen-bond acceptors (Lipinski definition) is 5. The number of hydrogen-bond donors (Lipinski definition) is 1. The van der Waals surface area contributed by atoms with Crippen LogP contribution in [0.25, 0.3) is 0 Å². The highest BCUT2D eigenvalue weighted by Gasteiger charge is 2.33. The molecule has 2 atom stereocenters. The van der Waals surface area contributed by atoms with Crippen LogP contribution >= 0.6 is 0 Å². The molecule has 1 heterocycles. The lowest BCUT2D eigenvalue weighted by Gasteiger charge is -2.19. The Morgan fingerprint density at radius 2 is 1.86 bits per heavy atom. The summed E-state index contributed by atoms with van der Waals surface area (Å²) in [7, 11) is 0.191. The third-order valence-electron chi connectivity index (χ3n) is 3.97. The smallest absolute Gasteiger partial charge is 0.222 e. The van der Waals surface area contributed by atoms with Gasteiger partial charge in [-0.05, 0) is 24.3 Å². The highest BCUT2D eigenvalue weighted by atomic mass is 32.2. The van der Waals surface area contributed by atoms with Gasteiger partial charge in [0.2, 0.25) is 5.91 Å². The number of amides is 1. The van der Waals surface area contributed by atoms with Crippen molar-refractivity contribution in [2.45, 2.75) is 17.4 Å².